The minimum absolute atomic E-state index is 0.0700. The van der Waals surface area contributed by atoms with E-state index in [4.69, 9.17) is 9.05 Å². The molecule has 0 aromatic carbocycles. The highest BCUT2D eigenvalue weighted by molar-refractivity contribution is 7.47. The van der Waals surface area contributed by atoms with Gasteiger partial charge >= 0.3 is 7.82 Å². The molecule has 0 aliphatic carbocycles. The van der Waals surface area contributed by atoms with E-state index in [1.807, 2.05) is 21.1 Å². The largest absolute Gasteiger partial charge is 0.472 e. The number of phosphoric acid groups is 1. The van der Waals surface area contributed by atoms with Gasteiger partial charge in [0.15, 0.2) is 0 Å². The quantitative estimate of drug-likeness (QED) is 0.0247. The summed E-state index contributed by atoms with van der Waals surface area (Å²) in [7, 11) is 1.60. The van der Waals surface area contributed by atoms with Crippen molar-refractivity contribution in [2.45, 2.75) is 219 Å². The van der Waals surface area contributed by atoms with Gasteiger partial charge in [0.05, 0.1) is 39.9 Å². The van der Waals surface area contributed by atoms with Crippen LogP contribution in [-0.4, -0.2) is 73.4 Å². The molecule has 3 atom stereocenters. The van der Waals surface area contributed by atoms with Gasteiger partial charge in [-0.3, -0.25) is 13.8 Å². The number of phosphoric ester groups is 1. The second-order valence-corrected chi connectivity index (χ2v) is 18.2. The Balaban J connectivity index is 4.26. The number of rotatable bonds is 41. The molecule has 0 rings (SSSR count). The van der Waals surface area contributed by atoms with Gasteiger partial charge < -0.3 is 19.8 Å². The van der Waals surface area contributed by atoms with Crippen molar-refractivity contribution in [3.05, 3.63) is 24.3 Å². The van der Waals surface area contributed by atoms with Crippen LogP contribution < -0.4 is 5.32 Å². The maximum Gasteiger partial charge on any atom is 0.472 e. The Labute approximate surface area is 334 Å². The third-order valence-corrected chi connectivity index (χ3v) is 11.2. The molecule has 9 heteroatoms. The predicted octanol–water partition coefficient (Wildman–Crippen LogP) is 12.5. The Morgan fingerprint density at radius 3 is 1.43 bits per heavy atom. The molecule has 0 heterocycles. The van der Waals surface area contributed by atoms with Gasteiger partial charge in [-0.1, -0.05) is 160 Å². The highest BCUT2D eigenvalue weighted by Crippen LogP contribution is 2.43. The third-order valence-electron chi connectivity index (χ3n) is 10.2. The second kappa shape index (κ2) is 37.6. The van der Waals surface area contributed by atoms with Crippen LogP contribution >= 0.6 is 7.82 Å². The average Bonchev–Trinajstić information content (AvgIpc) is 3.12. The predicted molar refractivity (Wildman–Crippen MR) is 231 cm³/mol. The number of amides is 1. The van der Waals surface area contributed by atoms with Crippen LogP contribution in [0.1, 0.15) is 206 Å². The van der Waals surface area contributed by atoms with Crippen LogP contribution in [0.15, 0.2) is 24.3 Å². The molecular weight excluding hydrogens is 695 g/mol. The third kappa shape index (κ3) is 39.2. The van der Waals surface area contributed by atoms with Gasteiger partial charge in [-0.25, -0.2) is 4.57 Å². The van der Waals surface area contributed by atoms with Gasteiger partial charge in [-0.05, 0) is 64.2 Å². The number of nitrogens with one attached hydrogen (secondary N) is 1. The SMILES string of the molecule is CCCCCCC/C=C/CCCC[C@@H](O)[C@H](COP(=O)(O)OCC[N+](C)(C)C)NC(=O)CCCCCCCCCCCCC/C=C/CCCCCCCC. The number of quaternary nitrogens is 1. The first-order chi connectivity index (χ1) is 26.0. The lowest BCUT2D eigenvalue weighted by molar-refractivity contribution is -0.870. The highest BCUT2D eigenvalue weighted by Gasteiger charge is 2.28. The molecule has 3 N–H and O–H groups in total. The van der Waals surface area contributed by atoms with Gasteiger partial charge in [0.2, 0.25) is 5.91 Å². The molecule has 1 unspecified atom stereocenters. The zero-order valence-corrected chi connectivity index (χ0v) is 37.1. The Hall–Kier alpha value is -1.02. The van der Waals surface area contributed by atoms with Gasteiger partial charge in [0.25, 0.3) is 0 Å². The van der Waals surface area contributed by atoms with E-state index in [2.05, 4.69) is 43.5 Å². The summed E-state index contributed by atoms with van der Waals surface area (Å²) in [6, 6.07) is -0.773. The monoisotopic (exact) mass is 786 g/mol. The molecule has 0 aromatic rings. The first kappa shape index (κ1) is 53.0. The van der Waals surface area contributed by atoms with Crippen molar-refractivity contribution in [3.8, 4) is 0 Å². The summed E-state index contributed by atoms with van der Waals surface area (Å²) < 4.78 is 23.6. The standard InChI is InChI=1S/C45H89N2O6P/c1-6-8-10-12-14-16-18-19-20-21-22-23-24-25-26-27-29-31-33-35-37-39-45(49)46-43(42-53-54(50,51)52-41-40-47(3,4)5)44(48)38-36-34-32-30-28-17-15-13-11-9-7-2/h19-20,28,30,43-44,48H,6-18,21-27,29,31-42H2,1-5H3,(H-,46,49,50,51)/p+1/b20-19+,30-28+/t43-,44+/m0/s1. The Kier molecular flexibility index (Phi) is 36.8. The number of unbranched alkanes of at least 4 members (excludes halogenated alkanes) is 24. The highest BCUT2D eigenvalue weighted by atomic mass is 31.2. The zero-order chi connectivity index (χ0) is 40.0. The molecule has 0 saturated heterocycles. The number of aliphatic hydroxyl groups is 1. The number of carbonyl (C=O) groups excluding carboxylic acids is 1. The number of nitrogens with zero attached hydrogens (tertiary/aromatic N) is 1. The minimum atomic E-state index is -4.32. The maximum atomic E-state index is 12.9. The van der Waals surface area contributed by atoms with E-state index in [1.54, 1.807) is 0 Å². The molecule has 0 radical (unpaired) electrons. The van der Waals surface area contributed by atoms with Crippen molar-refractivity contribution in [1.29, 1.82) is 0 Å². The molecule has 54 heavy (non-hydrogen) atoms. The number of likely N-dealkylation sites (N-methyl/N-ethyl adjacent to an activating group) is 1. The molecule has 320 valence electrons. The molecule has 0 bridgehead atoms. The lowest BCUT2D eigenvalue weighted by atomic mass is 10.0. The van der Waals surface area contributed by atoms with Crippen molar-refractivity contribution in [2.75, 3.05) is 40.9 Å². The molecule has 1 amide bonds. The van der Waals surface area contributed by atoms with Crippen molar-refractivity contribution in [2.24, 2.45) is 0 Å². The molecule has 0 fully saturated rings. The fraction of sp³-hybridized carbons (Fsp3) is 0.889. The first-order valence-corrected chi connectivity index (χ1v) is 24.2. The van der Waals surface area contributed by atoms with Crippen LogP contribution in [0.3, 0.4) is 0 Å². The number of allylic oxidation sites excluding steroid dienone is 4. The lowest BCUT2D eigenvalue weighted by Gasteiger charge is -2.26. The van der Waals surface area contributed by atoms with E-state index in [-0.39, 0.29) is 19.1 Å². The fourth-order valence-corrected chi connectivity index (χ4v) is 7.24. The first-order valence-electron chi connectivity index (χ1n) is 22.7. The van der Waals surface area contributed by atoms with Crippen molar-refractivity contribution >= 4 is 13.7 Å². The average molecular weight is 786 g/mol. The van der Waals surface area contributed by atoms with Crippen molar-refractivity contribution in [1.82, 2.24) is 5.32 Å². The lowest BCUT2D eigenvalue weighted by Crippen LogP contribution is -2.46. The molecule has 0 aromatic heterocycles. The van der Waals surface area contributed by atoms with Crippen LogP contribution in [-0.2, 0) is 18.4 Å². The van der Waals surface area contributed by atoms with Crippen LogP contribution in [0.25, 0.3) is 0 Å². The number of hydrogen-bond acceptors (Lipinski definition) is 5. The van der Waals surface area contributed by atoms with E-state index in [0.29, 0.717) is 23.9 Å². The summed E-state index contributed by atoms with van der Waals surface area (Å²) in [5.41, 5.74) is 0. The van der Waals surface area contributed by atoms with Gasteiger partial charge in [-0.2, -0.15) is 0 Å². The Morgan fingerprint density at radius 1 is 0.611 bits per heavy atom. The summed E-state index contributed by atoms with van der Waals surface area (Å²) in [6.07, 6.45) is 43.5. The molecule has 0 saturated carbocycles. The summed E-state index contributed by atoms with van der Waals surface area (Å²) >= 11 is 0. The van der Waals surface area contributed by atoms with E-state index in [9.17, 15) is 19.4 Å². The second-order valence-electron chi connectivity index (χ2n) is 16.8. The van der Waals surface area contributed by atoms with Crippen LogP contribution in [0, 0.1) is 0 Å². The van der Waals surface area contributed by atoms with Gasteiger partial charge in [-0.15, -0.1) is 0 Å². The Morgan fingerprint density at radius 2 is 1.00 bits per heavy atom. The normalized spacial score (nSPS) is 14.6. The zero-order valence-electron chi connectivity index (χ0n) is 36.2. The summed E-state index contributed by atoms with van der Waals surface area (Å²) in [4.78, 5) is 23.1. The molecule has 0 spiro atoms. The summed E-state index contributed by atoms with van der Waals surface area (Å²) in [6.45, 7) is 4.84. The maximum absolute atomic E-state index is 12.9. The topological polar surface area (TPSA) is 105 Å². The number of aliphatic hydroxyl groups excluding tert-OH is 1. The van der Waals surface area contributed by atoms with Crippen molar-refractivity contribution < 1.29 is 32.9 Å². The van der Waals surface area contributed by atoms with E-state index in [0.717, 1.165) is 44.9 Å². The van der Waals surface area contributed by atoms with Gasteiger partial charge in [0, 0.05) is 6.42 Å². The number of hydrogen-bond donors (Lipinski definition) is 3. The summed E-state index contributed by atoms with van der Waals surface area (Å²) in [5, 5.41) is 13.9. The van der Waals surface area contributed by atoms with Crippen LogP contribution in [0.4, 0.5) is 0 Å². The molecule has 8 nitrogen and oxygen atoms in total. The van der Waals surface area contributed by atoms with E-state index >= 15 is 0 Å². The molecular formula is C45H90N2O6P+. The van der Waals surface area contributed by atoms with Gasteiger partial charge in [0.1, 0.15) is 13.2 Å². The smallest absolute Gasteiger partial charge is 0.391 e. The molecule has 0 aliphatic rings. The van der Waals surface area contributed by atoms with Crippen LogP contribution in [0.2, 0.25) is 0 Å². The van der Waals surface area contributed by atoms with E-state index < -0.39 is 20.0 Å². The molecule has 0 aliphatic heterocycles. The van der Waals surface area contributed by atoms with Crippen LogP contribution in [0.5, 0.6) is 0 Å². The van der Waals surface area contributed by atoms with E-state index in [1.165, 1.54) is 135 Å². The minimum Gasteiger partial charge on any atom is -0.391 e. The number of carbonyl (C=O) groups is 1. The summed E-state index contributed by atoms with van der Waals surface area (Å²) in [5.74, 6) is -0.156. The Bertz CT molecular complexity index is 938. The van der Waals surface area contributed by atoms with Crippen molar-refractivity contribution in [3.63, 3.8) is 0 Å². The fourth-order valence-electron chi connectivity index (χ4n) is 6.50.